The number of ether oxygens (including phenoxy) is 3. The molecule has 72 heavy (non-hydrogen) atoms. The second-order valence-corrected chi connectivity index (χ2v) is 20.2. The van der Waals surface area contributed by atoms with Crippen LogP contribution in [0.5, 0.6) is 0 Å². The van der Waals surface area contributed by atoms with Crippen LogP contribution < -0.4 is 0 Å². The van der Waals surface area contributed by atoms with Gasteiger partial charge in [-0.3, -0.25) is 14.4 Å². The number of carbonyl (C=O) groups excluding carboxylic acids is 3. The van der Waals surface area contributed by atoms with E-state index in [1.54, 1.807) is 0 Å². The van der Waals surface area contributed by atoms with Gasteiger partial charge in [-0.15, -0.1) is 0 Å². The summed E-state index contributed by atoms with van der Waals surface area (Å²) in [5, 5.41) is 0. The summed E-state index contributed by atoms with van der Waals surface area (Å²) in [4.78, 5) is 38.2. The summed E-state index contributed by atoms with van der Waals surface area (Å²) in [6.45, 7) is 6.45. The molecule has 1 unspecified atom stereocenters. The Kier molecular flexibility index (Phi) is 57.3. The van der Waals surface area contributed by atoms with Gasteiger partial charge in [0.05, 0.1) is 0 Å². The molecule has 0 radical (unpaired) electrons. The van der Waals surface area contributed by atoms with Gasteiger partial charge in [0.25, 0.3) is 0 Å². The molecule has 0 aliphatic heterocycles. The number of esters is 3. The van der Waals surface area contributed by atoms with E-state index in [0.29, 0.717) is 19.3 Å². The molecule has 0 fully saturated rings. The number of carbonyl (C=O) groups is 3. The molecule has 0 amide bonds. The molecule has 0 aromatic carbocycles. The maximum Gasteiger partial charge on any atom is 0.306 e. The fourth-order valence-corrected chi connectivity index (χ4v) is 8.50. The first-order valence-electron chi connectivity index (χ1n) is 30.6. The first-order chi connectivity index (χ1) is 35.5. The lowest BCUT2D eigenvalue weighted by molar-refractivity contribution is -0.167. The van der Waals surface area contributed by atoms with Crippen molar-refractivity contribution in [3.05, 3.63) is 85.1 Å². The summed E-state index contributed by atoms with van der Waals surface area (Å²) in [6.07, 6.45) is 78.8. The number of hydrogen-bond donors (Lipinski definition) is 0. The zero-order chi connectivity index (χ0) is 52.2. The smallest absolute Gasteiger partial charge is 0.306 e. The Hall–Kier alpha value is -3.41. The molecule has 414 valence electrons. The highest BCUT2D eigenvalue weighted by atomic mass is 16.6. The Balaban J connectivity index is 4.25. The van der Waals surface area contributed by atoms with Crippen molar-refractivity contribution in [2.75, 3.05) is 13.2 Å². The van der Waals surface area contributed by atoms with Crippen LogP contribution in [-0.2, 0) is 28.6 Å². The third kappa shape index (κ3) is 57.5. The van der Waals surface area contributed by atoms with Crippen LogP contribution in [0.25, 0.3) is 0 Å². The van der Waals surface area contributed by atoms with Crippen molar-refractivity contribution >= 4 is 17.9 Å². The monoisotopic (exact) mass is 1000 g/mol. The van der Waals surface area contributed by atoms with Crippen molar-refractivity contribution in [1.29, 1.82) is 0 Å². The van der Waals surface area contributed by atoms with Gasteiger partial charge in [0.2, 0.25) is 0 Å². The molecule has 6 nitrogen and oxygen atoms in total. The summed E-state index contributed by atoms with van der Waals surface area (Å²) in [5.41, 5.74) is 0. The molecule has 0 heterocycles. The SMILES string of the molecule is CC/C=C\C/C=C\C/C=C\CCCCCC(=O)OCC(COC(=O)CCCCCCCCCCCCCCCCC/C=C\C/C=C\CCCCCCC)OC(=O)CCCCCCC/C=C\C/C=C\CCCC. The Morgan fingerprint density at radius 3 is 0.903 bits per heavy atom. The Morgan fingerprint density at radius 2 is 0.556 bits per heavy atom. The second kappa shape index (κ2) is 60.1. The highest BCUT2D eigenvalue weighted by molar-refractivity contribution is 5.71. The molecule has 6 heteroatoms. The van der Waals surface area contributed by atoms with E-state index >= 15 is 0 Å². The molecule has 1 atom stereocenters. The van der Waals surface area contributed by atoms with Gasteiger partial charge in [-0.2, -0.15) is 0 Å². The molecule has 0 N–H and O–H groups in total. The third-order valence-electron chi connectivity index (χ3n) is 13.1. The third-order valence-corrected chi connectivity index (χ3v) is 13.1. The van der Waals surface area contributed by atoms with Crippen LogP contribution in [0.2, 0.25) is 0 Å². The number of rotatable bonds is 55. The van der Waals surface area contributed by atoms with E-state index < -0.39 is 6.10 Å². The second-order valence-electron chi connectivity index (χ2n) is 20.2. The number of hydrogen-bond acceptors (Lipinski definition) is 6. The molecular formula is C66H114O6. The summed E-state index contributed by atoms with van der Waals surface area (Å²) in [7, 11) is 0. The van der Waals surface area contributed by atoms with Crippen molar-refractivity contribution in [1.82, 2.24) is 0 Å². The normalized spacial score (nSPS) is 12.7. The van der Waals surface area contributed by atoms with Crippen LogP contribution in [0.3, 0.4) is 0 Å². The fraction of sp³-hybridized carbons (Fsp3) is 0.742. The number of allylic oxidation sites excluding steroid dienone is 14. The lowest BCUT2D eigenvalue weighted by Crippen LogP contribution is -2.30. The maximum atomic E-state index is 12.8. The van der Waals surface area contributed by atoms with Crippen molar-refractivity contribution in [3.8, 4) is 0 Å². The van der Waals surface area contributed by atoms with E-state index in [-0.39, 0.29) is 31.1 Å². The van der Waals surface area contributed by atoms with Gasteiger partial charge in [0, 0.05) is 19.3 Å². The van der Waals surface area contributed by atoms with Gasteiger partial charge in [-0.1, -0.05) is 254 Å². The van der Waals surface area contributed by atoms with Gasteiger partial charge in [-0.25, -0.2) is 0 Å². The van der Waals surface area contributed by atoms with Crippen LogP contribution in [0.4, 0.5) is 0 Å². The van der Waals surface area contributed by atoms with Gasteiger partial charge >= 0.3 is 17.9 Å². The zero-order valence-corrected chi connectivity index (χ0v) is 47.4. The minimum absolute atomic E-state index is 0.0908. The molecular weight excluding hydrogens is 889 g/mol. The van der Waals surface area contributed by atoms with E-state index in [1.165, 1.54) is 141 Å². The lowest BCUT2D eigenvalue weighted by Gasteiger charge is -2.18. The van der Waals surface area contributed by atoms with Crippen LogP contribution in [0.15, 0.2) is 85.1 Å². The first-order valence-corrected chi connectivity index (χ1v) is 30.6. The van der Waals surface area contributed by atoms with Gasteiger partial charge in [0.1, 0.15) is 13.2 Å². The standard InChI is InChI=1S/C66H114O6/c1-4-7-10-13-16-19-22-25-27-28-29-30-31-32-33-34-35-36-37-38-39-42-44-47-50-53-56-59-65(68)71-62-63(61-70-64(67)58-55-52-49-46-43-40-24-21-18-15-12-9-6-3)72-66(69)60-57-54-51-48-45-41-26-23-20-17-14-11-8-5-2/h9,12,14,17-18,21-23,25-26,28-29,40,43,63H,4-8,10-11,13,15-16,19-20,24,27,30-39,41-42,44-62H2,1-3H3/b12-9-,17-14-,21-18-,25-22-,26-23-,29-28-,43-40-. The highest BCUT2D eigenvalue weighted by Gasteiger charge is 2.19. The predicted molar refractivity (Wildman–Crippen MR) is 311 cm³/mol. The quantitative estimate of drug-likeness (QED) is 0.0261. The molecule has 0 saturated carbocycles. The lowest BCUT2D eigenvalue weighted by atomic mass is 10.0. The Morgan fingerprint density at radius 1 is 0.292 bits per heavy atom. The van der Waals surface area contributed by atoms with Gasteiger partial charge < -0.3 is 14.2 Å². The zero-order valence-electron chi connectivity index (χ0n) is 47.4. The van der Waals surface area contributed by atoms with Crippen LogP contribution >= 0.6 is 0 Å². The molecule has 0 aromatic heterocycles. The largest absolute Gasteiger partial charge is 0.462 e. The summed E-state index contributed by atoms with van der Waals surface area (Å²) in [5.74, 6) is -0.929. The highest BCUT2D eigenvalue weighted by Crippen LogP contribution is 2.16. The van der Waals surface area contributed by atoms with Crippen molar-refractivity contribution in [3.63, 3.8) is 0 Å². The number of unbranched alkanes of at least 4 members (excludes halogenated alkanes) is 30. The molecule has 0 aliphatic carbocycles. The Labute approximate surface area is 445 Å². The van der Waals surface area contributed by atoms with E-state index in [0.717, 1.165) is 116 Å². The molecule has 0 aromatic rings. The topological polar surface area (TPSA) is 78.9 Å². The van der Waals surface area contributed by atoms with E-state index in [9.17, 15) is 14.4 Å². The van der Waals surface area contributed by atoms with E-state index in [1.807, 2.05) is 0 Å². The maximum absolute atomic E-state index is 12.8. The summed E-state index contributed by atoms with van der Waals surface area (Å²) < 4.78 is 16.8. The molecule has 0 rings (SSSR count). The minimum Gasteiger partial charge on any atom is -0.462 e. The Bertz CT molecular complexity index is 1380. The molecule has 0 saturated heterocycles. The average Bonchev–Trinajstić information content (AvgIpc) is 3.38. The van der Waals surface area contributed by atoms with Crippen molar-refractivity contribution in [2.24, 2.45) is 0 Å². The van der Waals surface area contributed by atoms with Crippen LogP contribution in [-0.4, -0.2) is 37.2 Å². The molecule has 0 spiro atoms. The van der Waals surface area contributed by atoms with Crippen LogP contribution in [0, 0.1) is 0 Å². The van der Waals surface area contributed by atoms with Crippen molar-refractivity contribution < 1.29 is 28.6 Å². The molecule has 0 bridgehead atoms. The fourth-order valence-electron chi connectivity index (χ4n) is 8.50. The molecule has 0 aliphatic rings. The van der Waals surface area contributed by atoms with Crippen LogP contribution in [0.1, 0.15) is 297 Å². The first kappa shape index (κ1) is 68.6. The van der Waals surface area contributed by atoms with Gasteiger partial charge in [-0.05, 0) is 109 Å². The average molecular weight is 1000 g/mol. The summed E-state index contributed by atoms with van der Waals surface area (Å²) >= 11 is 0. The summed E-state index contributed by atoms with van der Waals surface area (Å²) in [6, 6.07) is 0. The predicted octanol–water partition coefficient (Wildman–Crippen LogP) is 20.7. The minimum atomic E-state index is -0.796. The van der Waals surface area contributed by atoms with E-state index in [2.05, 4.69) is 106 Å². The van der Waals surface area contributed by atoms with Crippen molar-refractivity contribution in [2.45, 2.75) is 303 Å². The van der Waals surface area contributed by atoms with E-state index in [4.69, 9.17) is 14.2 Å². The van der Waals surface area contributed by atoms with Gasteiger partial charge in [0.15, 0.2) is 6.10 Å².